The Kier molecular flexibility index (Phi) is 5.65. The lowest BCUT2D eigenvalue weighted by molar-refractivity contribution is -0.143. The molecule has 0 aromatic heterocycles. The minimum absolute atomic E-state index is 0.127. The lowest BCUT2D eigenvalue weighted by Crippen LogP contribution is -2.42. The highest BCUT2D eigenvalue weighted by molar-refractivity contribution is 9.10. The second kappa shape index (κ2) is 7.01. The Morgan fingerprint density at radius 3 is 2.75 bits per heavy atom. The first-order valence-corrected chi connectivity index (χ1v) is 6.56. The van der Waals surface area contributed by atoms with Gasteiger partial charge in [-0.1, -0.05) is 0 Å². The monoisotopic (exact) mass is 341 g/mol. The zero-order chi connectivity index (χ0) is 15.3. The summed E-state index contributed by atoms with van der Waals surface area (Å²) in [6.45, 7) is 1.66. The molecule has 20 heavy (non-hydrogen) atoms. The van der Waals surface area contributed by atoms with Gasteiger partial charge in [-0.15, -0.1) is 0 Å². The van der Waals surface area contributed by atoms with E-state index in [2.05, 4.69) is 21.2 Å². The molecule has 1 rings (SSSR count). The maximum Gasteiger partial charge on any atom is 0.313 e. The highest BCUT2D eigenvalue weighted by Gasteiger charge is 2.22. The molecule has 7 heteroatoms. The summed E-state index contributed by atoms with van der Waals surface area (Å²) in [5.41, 5.74) is 0.186. The molecule has 0 spiro atoms. The van der Waals surface area contributed by atoms with Crippen molar-refractivity contribution in [3.05, 3.63) is 28.5 Å². The molecule has 0 saturated carbocycles. The van der Waals surface area contributed by atoms with E-state index in [0.29, 0.717) is 0 Å². The molecule has 1 atom stereocenters. The Morgan fingerprint density at radius 1 is 1.55 bits per heavy atom. The van der Waals surface area contributed by atoms with Crippen molar-refractivity contribution in [3.8, 4) is 6.07 Å². The van der Waals surface area contributed by atoms with E-state index < -0.39 is 17.6 Å². The summed E-state index contributed by atoms with van der Waals surface area (Å²) in [6, 6.07) is 5.55. The first-order valence-electron chi connectivity index (χ1n) is 5.77. The quantitative estimate of drug-likeness (QED) is 0.857. The zero-order valence-corrected chi connectivity index (χ0v) is 12.6. The number of nitriles is 1. The van der Waals surface area contributed by atoms with Crippen molar-refractivity contribution in [2.24, 2.45) is 0 Å². The topological polar surface area (TPSA) is 73.2 Å². The number of amides is 2. The highest BCUT2D eigenvalue weighted by Crippen LogP contribution is 2.19. The number of carbonyl (C=O) groups is 2. The molecule has 0 unspecified atom stereocenters. The van der Waals surface area contributed by atoms with Gasteiger partial charge in [0.05, 0.1) is 17.0 Å². The SMILES string of the molecule is C[C@H](CC#N)N(C)C(=O)C(=O)Nc1ccc(Br)c(F)c1. The third kappa shape index (κ3) is 4.03. The molecule has 1 N–H and O–H groups in total. The van der Waals surface area contributed by atoms with Gasteiger partial charge in [0.1, 0.15) is 5.82 Å². The molecule has 2 amide bonds. The largest absolute Gasteiger partial charge is 0.334 e. The van der Waals surface area contributed by atoms with Gasteiger partial charge in [0.25, 0.3) is 0 Å². The Balaban J connectivity index is 2.73. The lowest BCUT2D eigenvalue weighted by atomic mass is 10.2. The van der Waals surface area contributed by atoms with Crippen LogP contribution >= 0.6 is 15.9 Å². The van der Waals surface area contributed by atoms with Gasteiger partial charge in [0.15, 0.2) is 0 Å². The summed E-state index contributed by atoms with van der Waals surface area (Å²) < 4.78 is 13.6. The van der Waals surface area contributed by atoms with E-state index >= 15 is 0 Å². The Bertz CT molecular complexity index is 571. The summed E-state index contributed by atoms with van der Waals surface area (Å²) in [5, 5.41) is 10.9. The van der Waals surface area contributed by atoms with E-state index in [1.165, 1.54) is 24.1 Å². The van der Waals surface area contributed by atoms with E-state index in [9.17, 15) is 14.0 Å². The molecule has 0 aliphatic rings. The van der Waals surface area contributed by atoms with Crippen molar-refractivity contribution in [2.75, 3.05) is 12.4 Å². The van der Waals surface area contributed by atoms with Crippen LogP contribution < -0.4 is 5.32 Å². The molecule has 0 radical (unpaired) electrons. The predicted octanol–water partition coefficient (Wildman–Crippen LogP) is 2.29. The second-order valence-corrected chi connectivity index (χ2v) is 5.06. The molecule has 1 aromatic carbocycles. The fraction of sp³-hybridized carbons (Fsp3) is 0.308. The van der Waals surface area contributed by atoms with Crippen molar-refractivity contribution in [3.63, 3.8) is 0 Å². The van der Waals surface area contributed by atoms with Crippen LogP contribution in [0.5, 0.6) is 0 Å². The van der Waals surface area contributed by atoms with E-state index in [-0.39, 0.29) is 22.6 Å². The van der Waals surface area contributed by atoms with E-state index in [1.54, 1.807) is 6.92 Å². The summed E-state index contributed by atoms with van der Waals surface area (Å²) in [6.07, 6.45) is 0.127. The Labute approximate surface area is 124 Å². The van der Waals surface area contributed by atoms with Crippen LogP contribution in [0.4, 0.5) is 10.1 Å². The standard InChI is InChI=1S/C13H13BrFN3O2/c1-8(5-6-16)18(2)13(20)12(19)17-9-3-4-10(14)11(15)7-9/h3-4,7-8H,5H2,1-2H3,(H,17,19)/t8-/m1/s1. The average molecular weight is 342 g/mol. The number of nitrogens with zero attached hydrogens (tertiary/aromatic N) is 2. The summed E-state index contributed by atoms with van der Waals surface area (Å²) >= 11 is 2.99. The van der Waals surface area contributed by atoms with Gasteiger partial charge in [-0.25, -0.2) is 4.39 Å². The fourth-order valence-corrected chi connectivity index (χ4v) is 1.63. The van der Waals surface area contributed by atoms with Gasteiger partial charge >= 0.3 is 11.8 Å². The van der Waals surface area contributed by atoms with Crippen LogP contribution in [-0.2, 0) is 9.59 Å². The van der Waals surface area contributed by atoms with Crippen LogP contribution in [-0.4, -0.2) is 29.8 Å². The second-order valence-electron chi connectivity index (χ2n) is 4.21. The number of halogens is 2. The molecule has 0 heterocycles. The summed E-state index contributed by atoms with van der Waals surface area (Å²) in [5.74, 6) is -2.20. The zero-order valence-electron chi connectivity index (χ0n) is 11.0. The van der Waals surface area contributed by atoms with Gasteiger partial charge in [-0.3, -0.25) is 9.59 Å². The van der Waals surface area contributed by atoms with E-state index in [1.807, 2.05) is 6.07 Å². The molecule has 0 aliphatic carbocycles. The Hall–Kier alpha value is -1.94. The maximum atomic E-state index is 13.3. The molecule has 0 aliphatic heterocycles. The van der Waals surface area contributed by atoms with E-state index in [4.69, 9.17) is 5.26 Å². The van der Waals surface area contributed by atoms with Crippen LogP contribution in [0.1, 0.15) is 13.3 Å². The van der Waals surface area contributed by atoms with Gasteiger partial charge < -0.3 is 10.2 Å². The van der Waals surface area contributed by atoms with Gasteiger partial charge in [-0.05, 0) is 41.1 Å². The molecule has 0 saturated heterocycles. The smallest absolute Gasteiger partial charge is 0.313 e. The van der Waals surface area contributed by atoms with Gasteiger partial charge in [0, 0.05) is 18.8 Å². The lowest BCUT2D eigenvalue weighted by Gasteiger charge is -2.22. The molecule has 0 bridgehead atoms. The molecular weight excluding hydrogens is 329 g/mol. The van der Waals surface area contributed by atoms with Gasteiger partial charge in [-0.2, -0.15) is 5.26 Å². The number of hydrogen-bond donors (Lipinski definition) is 1. The van der Waals surface area contributed by atoms with Crippen LogP contribution in [0.2, 0.25) is 0 Å². The predicted molar refractivity (Wildman–Crippen MR) is 75.2 cm³/mol. The van der Waals surface area contributed by atoms with Crippen LogP contribution in [0, 0.1) is 17.1 Å². The number of hydrogen-bond acceptors (Lipinski definition) is 3. The van der Waals surface area contributed by atoms with Crippen LogP contribution in [0.15, 0.2) is 22.7 Å². The number of nitrogens with one attached hydrogen (secondary N) is 1. The number of rotatable bonds is 3. The normalized spacial score (nSPS) is 11.3. The number of likely N-dealkylation sites (N-methyl/N-ethyl adjacent to an activating group) is 1. The maximum absolute atomic E-state index is 13.3. The summed E-state index contributed by atoms with van der Waals surface area (Å²) in [4.78, 5) is 24.7. The van der Waals surface area contributed by atoms with Crippen LogP contribution in [0.25, 0.3) is 0 Å². The minimum Gasteiger partial charge on any atom is -0.334 e. The van der Waals surface area contributed by atoms with Crippen molar-refractivity contribution in [1.82, 2.24) is 4.90 Å². The third-order valence-corrected chi connectivity index (χ3v) is 3.38. The summed E-state index contributed by atoms with van der Waals surface area (Å²) in [7, 11) is 1.44. The number of carbonyl (C=O) groups excluding carboxylic acids is 2. The van der Waals surface area contributed by atoms with Crippen molar-refractivity contribution in [2.45, 2.75) is 19.4 Å². The van der Waals surface area contributed by atoms with Crippen molar-refractivity contribution in [1.29, 1.82) is 5.26 Å². The number of benzene rings is 1. The molecule has 5 nitrogen and oxygen atoms in total. The molecule has 106 valence electrons. The first kappa shape index (κ1) is 16.1. The van der Waals surface area contributed by atoms with Gasteiger partial charge in [0.2, 0.25) is 0 Å². The van der Waals surface area contributed by atoms with E-state index in [0.717, 1.165) is 6.07 Å². The van der Waals surface area contributed by atoms with Crippen molar-refractivity contribution >= 4 is 33.4 Å². The fourth-order valence-electron chi connectivity index (χ4n) is 1.39. The molecular formula is C13H13BrFN3O2. The molecule has 0 fully saturated rings. The van der Waals surface area contributed by atoms with Crippen LogP contribution in [0.3, 0.4) is 0 Å². The van der Waals surface area contributed by atoms with Crippen molar-refractivity contribution < 1.29 is 14.0 Å². The Morgan fingerprint density at radius 2 is 2.20 bits per heavy atom. The average Bonchev–Trinajstić information content (AvgIpc) is 2.41. The first-order chi connectivity index (χ1) is 9.36. The molecule has 1 aromatic rings. The third-order valence-electron chi connectivity index (χ3n) is 2.74. The number of anilines is 1. The minimum atomic E-state index is -0.876. The highest BCUT2D eigenvalue weighted by atomic mass is 79.9.